The molecule has 3 aromatic heterocycles. The van der Waals surface area contributed by atoms with Gasteiger partial charge in [0.05, 0.1) is 24.8 Å². The van der Waals surface area contributed by atoms with Crippen LogP contribution < -0.4 is 5.32 Å². The van der Waals surface area contributed by atoms with E-state index in [2.05, 4.69) is 34.0 Å². The predicted molar refractivity (Wildman–Crippen MR) is 115 cm³/mol. The summed E-state index contributed by atoms with van der Waals surface area (Å²) >= 11 is 0. The quantitative estimate of drug-likeness (QED) is 0.490. The molecule has 0 amide bonds. The molecule has 162 valence electrons. The van der Waals surface area contributed by atoms with E-state index in [0.29, 0.717) is 46.7 Å². The van der Waals surface area contributed by atoms with Crippen molar-refractivity contribution in [1.29, 1.82) is 0 Å². The Morgan fingerprint density at radius 3 is 2.77 bits per heavy atom. The van der Waals surface area contributed by atoms with Gasteiger partial charge < -0.3 is 18.9 Å². The summed E-state index contributed by atoms with van der Waals surface area (Å²) in [7, 11) is 0. The van der Waals surface area contributed by atoms with Crippen molar-refractivity contribution in [3.63, 3.8) is 0 Å². The molecule has 0 saturated heterocycles. The van der Waals surface area contributed by atoms with Crippen molar-refractivity contribution in [3.05, 3.63) is 41.3 Å². The van der Waals surface area contributed by atoms with Crippen LogP contribution in [0, 0.1) is 13.8 Å². The summed E-state index contributed by atoms with van der Waals surface area (Å²) < 4.78 is 16.5. The lowest BCUT2D eigenvalue weighted by molar-refractivity contribution is 0.0526. The summed E-state index contributed by atoms with van der Waals surface area (Å²) in [6, 6.07) is 4.29. The standard InChI is InChI=1S/C22H30N4O4/c1-6-14(3)26(13-17-9-8-12-29-17)11-10-23-20-19-18(22(27)28-7-2)15(4)30-21(19)25-16(5)24-20/h8-9,12,14H,6-7,10-11,13H2,1-5H3,(H,23,24,25). The molecule has 1 unspecified atom stereocenters. The van der Waals surface area contributed by atoms with Crippen LogP contribution in [0.5, 0.6) is 0 Å². The lowest BCUT2D eigenvalue weighted by Gasteiger charge is -2.27. The molecular formula is C22H30N4O4. The number of fused-ring (bicyclic) bond motifs is 1. The van der Waals surface area contributed by atoms with E-state index in [1.165, 1.54) is 0 Å². The van der Waals surface area contributed by atoms with Crippen molar-refractivity contribution in [3.8, 4) is 0 Å². The van der Waals surface area contributed by atoms with Gasteiger partial charge in [-0.1, -0.05) is 6.92 Å². The average Bonchev–Trinajstić information content (AvgIpc) is 3.33. The molecule has 30 heavy (non-hydrogen) atoms. The Kier molecular flexibility index (Phi) is 7.10. The van der Waals surface area contributed by atoms with Crippen molar-refractivity contribution in [2.24, 2.45) is 0 Å². The average molecular weight is 415 g/mol. The molecule has 0 aliphatic heterocycles. The largest absolute Gasteiger partial charge is 0.468 e. The number of furan rings is 2. The van der Waals surface area contributed by atoms with Crippen LogP contribution in [-0.2, 0) is 11.3 Å². The van der Waals surface area contributed by atoms with Gasteiger partial charge in [0.2, 0.25) is 5.71 Å². The van der Waals surface area contributed by atoms with Crippen molar-refractivity contribution in [2.45, 2.75) is 53.6 Å². The number of carbonyl (C=O) groups is 1. The smallest absolute Gasteiger partial charge is 0.342 e. The van der Waals surface area contributed by atoms with Gasteiger partial charge in [0.15, 0.2) is 0 Å². The van der Waals surface area contributed by atoms with E-state index < -0.39 is 5.97 Å². The van der Waals surface area contributed by atoms with Crippen LogP contribution in [0.15, 0.2) is 27.2 Å². The molecule has 0 saturated carbocycles. The molecule has 0 spiro atoms. The molecule has 0 aliphatic rings. The van der Waals surface area contributed by atoms with E-state index in [1.54, 1.807) is 27.0 Å². The van der Waals surface area contributed by atoms with Crippen molar-refractivity contribution in [1.82, 2.24) is 14.9 Å². The number of nitrogens with zero attached hydrogens (tertiary/aromatic N) is 3. The maximum atomic E-state index is 12.5. The van der Waals surface area contributed by atoms with Crippen LogP contribution >= 0.6 is 0 Å². The first-order chi connectivity index (χ1) is 14.4. The summed E-state index contributed by atoms with van der Waals surface area (Å²) in [6.07, 6.45) is 2.73. The minimum Gasteiger partial charge on any atom is -0.468 e. The van der Waals surface area contributed by atoms with Gasteiger partial charge in [0, 0.05) is 19.1 Å². The molecule has 0 aromatic carbocycles. The third kappa shape index (κ3) is 4.81. The highest BCUT2D eigenvalue weighted by Crippen LogP contribution is 2.30. The Bertz CT molecular complexity index is 981. The highest BCUT2D eigenvalue weighted by Gasteiger charge is 2.24. The number of aromatic nitrogens is 2. The van der Waals surface area contributed by atoms with Gasteiger partial charge in [-0.25, -0.2) is 9.78 Å². The van der Waals surface area contributed by atoms with Crippen LogP contribution in [0.4, 0.5) is 5.82 Å². The van der Waals surface area contributed by atoms with Crippen LogP contribution in [0.3, 0.4) is 0 Å². The minimum atomic E-state index is -0.427. The maximum absolute atomic E-state index is 12.5. The maximum Gasteiger partial charge on any atom is 0.342 e. The monoisotopic (exact) mass is 414 g/mol. The summed E-state index contributed by atoms with van der Waals surface area (Å²) in [4.78, 5) is 23.7. The summed E-state index contributed by atoms with van der Waals surface area (Å²) in [5.41, 5.74) is 0.767. The summed E-state index contributed by atoms with van der Waals surface area (Å²) in [5.74, 6) is 2.14. The Morgan fingerprint density at radius 1 is 1.30 bits per heavy atom. The molecule has 0 radical (unpaired) electrons. The van der Waals surface area contributed by atoms with E-state index in [9.17, 15) is 4.79 Å². The third-order valence-electron chi connectivity index (χ3n) is 5.16. The molecule has 0 fully saturated rings. The first kappa shape index (κ1) is 21.8. The van der Waals surface area contributed by atoms with E-state index in [4.69, 9.17) is 13.6 Å². The van der Waals surface area contributed by atoms with Crippen molar-refractivity contribution < 1.29 is 18.4 Å². The normalized spacial score (nSPS) is 12.5. The van der Waals surface area contributed by atoms with Gasteiger partial charge in [-0.15, -0.1) is 0 Å². The predicted octanol–water partition coefficient (Wildman–Crippen LogP) is 4.32. The molecule has 8 heteroatoms. The Balaban J connectivity index is 1.81. The number of esters is 1. The second kappa shape index (κ2) is 9.75. The summed E-state index contributed by atoms with van der Waals surface area (Å²) in [6.45, 7) is 12.1. The lowest BCUT2D eigenvalue weighted by atomic mass is 10.2. The zero-order chi connectivity index (χ0) is 21.7. The number of anilines is 1. The van der Waals surface area contributed by atoms with Crippen molar-refractivity contribution in [2.75, 3.05) is 25.0 Å². The topological polar surface area (TPSA) is 93.6 Å². The fourth-order valence-corrected chi connectivity index (χ4v) is 3.43. The number of hydrogen-bond acceptors (Lipinski definition) is 8. The zero-order valence-corrected chi connectivity index (χ0v) is 18.3. The second-order valence-corrected chi connectivity index (χ2v) is 7.29. The number of nitrogens with one attached hydrogen (secondary N) is 1. The molecule has 3 aromatic rings. The SMILES string of the molecule is CCOC(=O)c1c(C)oc2nc(C)nc(NCCN(Cc3ccco3)C(C)CC)c12. The molecule has 8 nitrogen and oxygen atoms in total. The van der Waals surface area contributed by atoms with Gasteiger partial charge in [-0.05, 0) is 46.2 Å². The number of rotatable bonds is 10. The summed E-state index contributed by atoms with van der Waals surface area (Å²) in [5, 5.41) is 3.94. The molecule has 1 atom stereocenters. The van der Waals surface area contributed by atoms with Gasteiger partial charge in [0.1, 0.15) is 28.7 Å². The van der Waals surface area contributed by atoms with E-state index in [-0.39, 0.29) is 6.61 Å². The van der Waals surface area contributed by atoms with Crippen LogP contribution in [0.25, 0.3) is 11.1 Å². The van der Waals surface area contributed by atoms with Gasteiger partial charge in [-0.2, -0.15) is 4.98 Å². The number of aryl methyl sites for hydroxylation is 2. The van der Waals surface area contributed by atoms with E-state index in [1.807, 2.05) is 12.1 Å². The molecule has 3 heterocycles. The Morgan fingerprint density at radius 2 is 2.10 bits per heavy atom. The number of hydrogen-bond donors (Lipinski definition) is 1. The van der Waals surface area contributed by atoms with Gasteiger partial charge in [0.25, 0.3) is 0 Å². The van der Waals surface area contributed by atoms with Crippen molar-refractivity contribution >= 4 is 22.9 Å². The number of ether oxygens (including phenoxy) is 1. The number of carbonyl (C=O) groups excluding carboxylic acids is 1. The van der Waals surface area contributed by atoms with Gasteiger partial charge in [-0.3, -0.25) is 4.90 Å². The third-order valence-corrected chi connectivity index (χ3v) is 5.16. The van der Waals surface area contributed by atoms with Crippen LogP contribution in [0.2, 0.25) is 0 Å². The fraction of sp³-hybridized carbons (Fsp3) is 0.500. The highest BCUT2D eigenvalue weighted by atomic mass is 16.5. The zero-order valence-electron chi connectivity index (χ0n) is 18.3. The first-order valence-electron chi connectivity index (χ1n) is 10.4. The molecule has 3 rings (SSSR count). The van der Waals surface area contributed by atoms with E-state index >= 15 is 0 Å². The van der Waals surface area contributed by atoms with Gasteiger partial charge >= 0.3 is 5.97 Å². The Hall–Kier alpha value is -2.87. The van der Waals surface area contributed by atoms with E-state index in [0.717, 1.165) is 25.3 Å². The van der Waals surface area contributed by atoms with Crippen LogP contribution in [0.1, 0.15) is 54.9 Å². The molecular weight excluding hydrogens is 384 g/mol. The lowest BCUT2D eigenvalue weighted by Crippen LogP contribution is -2.36. The fourth-order valence-electron chi connectivity index (χ4n) is 3.43. The molecule has 0 aliphatic carbocycles. The molecule has 1 N–H and O–H groups in total. The Labute approximate surface area is 176 Å². The van der Waals surface area contributed by atoms with Crippen LogP contribution in [-0.4, -0.2) is 46.6 Å². The minimum absolute atomic E-state index is 0.289. The first-order valence-corrected chi connectivity index (χ1v) is 10.4. The molecule has 0 bridgehead atoms. The second-order valence-electron chi connectivity index (χ2n) is 7.29. The highest BCUT2D eigenvalue weighted by molar-refractivity contribution is 6.07.